The summed E-state index contributed by atoms with van der Waals surface area (Å²) in [5.41, 5.74) is 3.52. The second-order valence-electron chi connectivity index (χ2n) is 6.84. The Bertz CT molecular complexity index is 1100. The van der Waals surface area contributed by atoms with Crippen molar-refractivity contribution in [2.24, 2.45) is 0 Å². The van der Waals surface area contributed by atoms with Crippen LogP contribution in [0.4, 0.5) is 5.69 Å². The summed E-state index contributed by atoms with van der Waals surface area (Å²) < 4.78 is 1.64. The minimum atomic E-state index is -0.194. The van der Waals surface area contributed by atoms with Gasteiger partial charge in [-0.15, -0.1) is 0 Å². The molecule has 1 aromatic heterocycles. The highest BCUT2D eigenvalue weighted by atomic mass is 16.2. The molecule has 0 radical (unpaired) electrons. The zero-order valence-corrected chi connectivity index (χ0v) is 16.7. The topological polar surface area (TPSA) is 80.2 Å². The Kier molecular flexibility index (Phi) is 6.95. The van der Waals surface area contributed by atoms with Gasteiger partial charge >= 0.3 is 0 Å². The third-order valence-corrected chi connectivity index (χ3v) is 4.40. The Morgan fingerprint density at radius 3 is 2.30 bits per heavy atom. The molecule has 0 saturated heterocycles. The lowest BCUT2D eigenvalue weighted by Gasteiger charge is -2.07. The Morgan fingerprint density at radius 2 is 1.63 bits per heavy atom. The Labute approximate surface area is 174 Å². The molecule has 152 valence electrons. The van der Waals surface area contributed by atoms with E-state index >= 15 is 0 Å². The van der Waals surface area contributed by atoms with Crippen molar-refractivity contribution in [1.29, 1.82) is 0 Å². The van der Waals surface area contributed by atoms with E-state index in [0.717, 1.165) is 16.7 Å². The fourth-order valence-electron chi connectivity index (χ4n) is 2.85. The molecule has 0 aliphatic carbocycles. The number of hydrogen-bond donors (Lipinski definition) is 2. The molecular formula is C24H23N3O3. The molecule has 0 aliphatic rings. The second-order valence-corrected chi connectivity index (χ2v) is 6.84. The summed E-state index contributed by atoms with van der Waals surface area (Å²) in [5.74, 6) is -0.319. The summed E-state index contributed by atoms with van der Waals surface area (Å²) >= 11 is 0. The first kappa shape index (κ1) is 20.8. The number of carbonyl (C=O) groups excluding carboxylic acids is 2. The molecular weight excluding hydrogens is 378 g/mol. The number of aromatic nitrogens is 1. The third-order valence-electron chi connectivity index (χ3n) is 4.40. The maximum absolute atomic E-state index is 12.1. The monoisotopic (exact) mass is 401 g/mol. The van der Waals surface area contributed by atoms with E-state index in [2.05, 4.69) is 10.6 Å². The molecule has 2 aromatic carbocycles. The second kappa shape index (κ2) is 10.0. The largest absolute Gasteiger partial charge is 0.348 e. The molecule has 0 atom stereocenters. The quantitative estimate of drug-likeness (QED) is 0.597. The summed E-state index contributed by atoms with van der Waals surface area (Å²) in [5, 5.41) is 5.54. The maximum atomic E-state index is 12.1. The van der Waals surface area contributed by atoms with Crippen molar-refractivity contribution in [3.63, 3.8) is 0 Å². The Hall–Kier alpha value is -3.93. The number of hydrogen-bond acceptors (Lipinski definition) is 3. The predicted molar refractivity (Wildman–Crippen MR) is 118 cm³/mol. The lowest BCUT2D eigenvalue weighted by Crippen LogP contribution is -2.20. The molecule has 0 aliphatic heterocycles. The van der Waals surface area contributed by atoms with Crippen molar-refractivity contribution < 1.29 is 9.59 Å². The number of nitrogens with one attached hydrogen (secondary N) is 2. The summed E-state index contributed by atoms with van der Waals surface area (Å²) in [6.07, 6.45) is 4.95. The van der Waals surface area contributed by atoms with Crippen LogP contribution in [0.15, 0.2) is 83.8 Å². The van der Waals surface area contributed by atoms with Gasteiger partial charge in [-0.2, -0.15) is 0 Å². The summed E-state index contributed by atoms with van der Waals surface area (Å²) in [4.78, 5) is 34.9. The van der Waals surface area contributed by atoms with Gasteiger partial charge in [0.2, 0.25) is 11.8 Å². The van der Waals surface area contributed by atoms with Crippen LogP contribution in [-0.2, 0) is 22.7 Å². The first-order valence-electron chi connectivity index (χ1n) is 9.56. The number of amides is 2. The van der Waals surface area contributed by atoms with E-state index in [9.17, 15) is 14.4 Å². The molecule has 6 heteroatoms. The molecule has 6 nitrogen and oxygen atoms in total. The normalized spacial score (nSPS) is 10.7. The van der Waals surface area contributed by atoms with Crippen molar-refractivity contribution in [1.82, 2.24) is 9.88 Å². The Balaban J connectivity index is 1.49. The van der Waals surface area contributed by atoms with Gasteiger partial charge in [0, 0.05) is 37.5 Å². The highest BCUT2D eigenvalue weighted by molar-refractivity contribution is 5.92. The first-order valence-corrected chi connectivity index (χ1v) is 9.56. The van der Waals surface area contributed by atoms with Crippen LogP contribution >= 0.6 is 0 Å². The standard InChI is InChI=1S/C24H23N3O3/c1-18(28)26-22-12-9-19(10-13-22)11-14-23(29)25-16-20-5-7-21(8-6-20)17-27-15-3-2-4-24(27)30/h2-15H,16-17H2,1H3,(H,25,29)(H,26,28)/b14-11+. The molecule has 1 heterocycles. The molecule has 0 spiro atoms. The van der Waals surface area contributed by atoms with Gasteiger partial charge in [0.25, 0.3) is 5.56 Å². The number of benzene rings is 2. The van der Waals surface area contributed by atoms with E-state index in [1.165, 1.54) is 19.1 Å². The lowest BCUT2D eigenvalue weighted by molar-refractivity contribution is -0.116. The van der Waals surface area contributed by atoms with E-state index in [0.29, 0.717) is 18.8 Å². The van der Waals surface area contributed by atoms with E-state index in [1.54, 1.807) is 35.0 Å². The highest BCUT2D eigenvalue weighted by Gasteiger charge is 2.00. The van der Waals surface area contributed by atoms with E-state index in [-0.39, 0.29) is 17.4 Å². The molecule has 0 fully saturated rings. The van der Waals surface area contributed by atoms with Crippen LogP contribution in [0.25, 0.3) is 6.08 Å². The van der Waals surface area contributed by atoms with Crippen LogP contribution in [-0.4, -0.2) is 16.4 Å². The number of rotatable bonds is 7. The van der Waals surface area contributed by atoms with Crippen LogP contribution in [0, 0.1) is 0 Å². The Morgan fingerprint density at radius 1 is 0.933 bits per heavy atom. The number of anilines is 1. The SMILES string of the molecule is CC(=O)Nc1ccc(/C=C/C(=O)NCc2ccc(Cn3ccccc3=O)cc2)cc1. The van der Waals surface area contributed by atoms with Gasteiger partial charge in [-0.1, -0.05) is 42.5 Å². The van der Waals surface area contributed by atoms with E-state index in [4.69, 9.17) is 0 Å². The maximum Gasteiger partial charge on any atom is 0.250 e. The van der Waals surface area contributed by atoms with Crippen molar-refractivity contribution >= 4 is 23.6 Å². The van der Waals surface area contributed by atoms with Crippen LogP contribution in [0.2, 0.25) is 0 Å². The van der Waals surface area contributed by atoms with E-state index in [1.807, 2.05) is 42.5 Å². The molecule has 0 unspecified atom stereocenters. The zero-order chi connectivity index (χ0) is 21.3. The third kappa shape index (κ3) is 6.31. The van der Waals surface area contributed by atoms with Gasteiger partial charge in [-0.25, -0.2) is 0 Å². The molecule has 0 bridgehead atoms. The predicted octanol–water partition coefficient (Wildman–Crippen LogP) is 3.18. The van der Waals surface area contributed by atoms with Crippen LogP contribution < -0.4 is 16.2 Å². The van der Waals surface area contributed by atoms with Gasteiger partial charge in [0.1, 0.15) is 0 Å². The van der Waals surface area contributed by atoms with Gasteiger partial charge in [0.05, 0.1) is 6.54 Å². The van der Waals surface area contributed by atoms with Crippen LogP contribution in [0.3, 0.4) is 0 Å². The molecule has 2 amide bonds. The van der Waals surface area contributed by atoms with E-state index < -0.39 is 0 Å². The van der Waals surface area contributed by atoms with Crippen molar-refractivity contribution in [3.05, 3.63) is 106 Å². The average Bonchev–Trinajstić information content (AvgIpc) is 2.74. The molecule has 3 aromatic rings. The molecule has 3 rings (SSSR count). The fraction of sp³-hybridized carbons (Fsp3) is 0.125. The van der Waals surface area contributed by atoms with Crippen molar-refractivity contribution in [3.8, 4) is 0 Å². The van der Waals surface area contributed by atoms with Gasteiger partial charge in [-0.05, 0) is 41.0 Å². The fourth-order valence-corrected chi connectivity index (χ4v) is 2.85. The molecule has 30 heavy (non-hydrogen) atoms. The van der Waals surface area contributed by atoms with Crippen LogP contribution in [0.5, 0.6) is 0 Å². The number of carbonyl (C=O) groups is 2. The summed E-state index contributed by atoms with van der Waals surface area (Å²) in [6, 6.07) is 20.1. The summed E-state index contributed by atoms with van der Waals surface area (Å²) in [6.45, 7) is 2.38. The highest BCUT2D eigenvalue weighted by Crippen LogP contribution is 2.11. The van der Waals surface area contributed by atoms with Crippen molar-refractivity contribution in [2.45, 2.75) is 20.0 Å². The molecule has 0 saturated carbocycles. The lowest BCUT2D eigenvalue weighted by atomic mass is 10.1. The van der Waals surface area contributed by atoms with Crippen LogP contribution in [0.1, 0.15) is 23.6 Å². The van der Waals surface area contributed by atoms with Gasteiger partial charge < -0.3 is 15.2 Å². The zero-order valence-electron chi connectivity index (χ0n) is 16.7. The van der Waals surface area contributed by atoms with Gasteiger partial charge in [-0.3, -0.25) is 14.4 Å². The minimum Gasteiger partial charge on any atom is -0.348 e. The minimum absolute atomic E-state index is 0.0367. The van der Waals surface area contributed by atoms with Crippen molar-refractivity contribution in [2.75, 3.05) is 5.32 Å². The molecule has 2 N–H and O–H groups in total. The smallest absolute Gasteiger partial charge is 0.250 e. The number of nitrogens with zero attached hydrogens (tertiary/aromatic N) is 1. The first-order chi connectivity index (χ1) is 14.5. The van der Waals surface area contributed by atoms with Gasteiger partial charge in [0.15, 0.2) is 0 Å². The summed E-state index contributed by atoms with van der Waals surface area (Å²) in [7, 11) is 0. The average molecular weight is 401 g/mol. The number of pyridine rings is 1.